The van der Waals surface area contributed by atoms with Gasteiger partial charge in [-0.25, -0.2) is 9.78 Å². The molecule has 2 N–H and O–H groups in total. The van der Waals surface area contributed by atoms with Crippen LogP contribution >= 0.6 is 11.3 Å². The predicted octanol–water partition coefficient (Wildman–Crippen LogP) is 1.82. The minimum absolute atomic E-state index is 0.00335. The number of nitrogens with two attached hydrogens (primary N) is 1. The first-order chi connectivity index (χ1) is 9.70. The normalized spacial score (nSPS) is 11.2. The van der Waals surface area contributed by atoms with Crippen molar-refractivity contribution in [3.63, 3.8) is 0 Å². The lowest BCUT2D eigenvalue weighted by atomic mass is 10.2. The molecular weight excluding hydrogens is 278 g/mol. The first-order valence-electron chi connectivity index (χ1n) is 5.74. The van der Waals surface area contributed by atoms with Gasteiger partial charge in [0, 0.05) is 5.38 Å². The Kier molecular flexibility index (Phi) is 4.67. The molecular formula is C13H13N3O3S. The highest BCUT2D eigenvalue weighted by molar-refractivity contribution is 7.13. The monoisotopic (exact) mass is 291 g/mol. The number of methoxy groups -OCH3 is 1. The van der Waals surface area contributed by atoms with Crippen LogP contribution in [0.4, 0.5) is 5.13 Å². The van der Waals surface area contributed by atoms with E-state index in [4.69, 9.17) is 10.6 Å². The van der Waals surface area contributed by atoms with Crippen molar-refractivity contribution in [1.82, 2.24) is 4.98 Å². The van der Waals surface area contributed by atoms with Crippen molar-refractivity contribution in [2.45, 2.75) is 6.61 Å². The molecule has 7 heteroatoms. The molecule has 0 bridgehead atoms. The predicted molar refractivity (Wildman–Crippen MR) is 76.3 cm³/mol. The molecule has 0 saturated carbocycles. The van der Waals surface area contributed by atoms with Gasteiger partial charge in [-0.1, -0.05) is 35.5 Å². The number of benzene rings is 1. The van der Waals surface area contributed by atoms with Gasteiger partial charge in [0.1, 0.15) is 12.3 Å². The first kappa shape index (κ1) is 14.0. The van der Waals surface area contributed by atoms with Crippen LogP contribution in [0.1, 0.15) is 11.3 Å². The van der Waals surface area contributed by atoms with Gasteiger partial charge in [-0.3, -0.25) is 0 Å². The summed E-state index contributed by atoms with van der Waals surface area (Å²) in [4.78, 5) is 20.8. The van der Waals surface area contributed by atoms with Gasteiger partial charge in [-0.15, -0.1) is 11.3 Å². The summed E-state index contributed by atoms with van der Waals surface area (Å²) in [5, 5.41) is 5.77. The molecule has 0 atom stereocenters. The summed E-state index contributed by atoms with van der Waals surface area (Å²) in [7, 11) is 1.27. The molecule has 0 spiro atoms. The lowest BCUT2D eigenvalue weighted by Crippen LogP contribution is -2.18. The van der Waals surface area contributed by atoms with Crippen molar-refractivity contribution < 1.29 is 14.4 Å². The van der Waals surface area contributed by atoms with Gasteiger partial charge in [0.05, 0.1) is 7.11 Å². The molecule has 0 saturated heterocycles. The Morgan fingerprint density at radius 1 is 1.40 bits per heavy atom. The highest BCUT2D eigenvalue weighted by Crippen LogP contribution is 2.13. The number of esters is 1. The molecule has 1 heterocycles. The van der Waals surface area contributed by atoms with Crippen LogP contribution in [0.5, 0.6) is 0 Å². The average molecular weight is 291 g/mol. The van der Waals surface area contributed by atoms with Crippen LogP contribution in [0.2, 0.25) is 0 Å². The van der Waals surface area contributed by atoms with Crippen molar-refractivity contribution in [3.8, 4) is 0 Å². The molecule has 0 aliphatic carbocycles. The fourth-order valence-corrected chi connectivity index (χ4v) is 1.98. The van der Waals surface area contributed by atoms with Gasteiger partial charge in [0.2, 0.25) is 5.71 Å². The Balaban J connectivity index is 2.11. The van der Waals surface area contributed by atoms with Crippen molar-refractivity contribution in [2.24, 2.45) is 5.16 Å². The number of ether oxygens (including phenoxy) is 1. The van der Waals surface area contributed by atoms with Crippen LogP contribution in [0, 0.1) is 0 Å². The number of nitrogens with zero attached hydrogens (tertiary/aromatic N) is 2. The topological polar surface area (TPSA) is 86.8 Å². The Morgan fingerprint density at radius 3 is 2.75 bits per heavy atom. The van der Waals surface area contributed by atoms with Crippen molar-refractivity contribution in [3.05, 3.63) is 47.0 Å². The number of hydrogen-bond acceptors (Lipinski definition) is 7. The van der Waals surface area contributed by atoms with Crippen molar-refractivity contribution in [2.75, 3.05) is 12.8 Å². The summed E-state index contributed by atoms with van der Waals surface area (Å²) >= 11 is 1.21. The average Bonchev–Trinajstić information content (AvgIpc) is 2.90. The summed E-state index contributed by atoms with van der Waals surface area (Å²) in [6.07, 6.45) is 0. The highest BCUT2D eigenvalue weighted by atomic mass is 32.1. The number of oxime groups is 1. The SMILES string of the molecule is COC(=O)C(=NOCc1ccccc1)c1csc(N)n1. The number of rotatable bonds is 5. The highest BCUT2D eigenvalue weighted by Gasteiger charge is 2.18. The third-order valence-corrected chi connectivity index (χ3v) is 3.05. The standard InChI is InChI=1S/C13H13N3O3S/c1-18-12(17)11(10-8-20-13(14)15-10)16-19-7-9-5-3-2-4-6-9/h2-6,8H,7H2,1H3,(H2,14,15). The number of hydrogen-bond donors (Lipinski definition) is 1. The van der Waals surface area contributed by atoms with Crippen LogP contribution < -0.4 is 5.73 Å². The number of carbonyl (C=O) groups excluding carboxylic acids is 1. The van der Waals surface area contributed by atoms with E-state index in [1.807, 2.05) is 30.3 Å². The lowest BCUT2D eigenvalue weighted by Gasteiger charge is -2.03. The van der Waals surface area contributed by atoms with E-state index in [2.05, 4.69) is 14.9 Å². The summed E-state index contributed by atoms with van der Waals surface area (Å²) in [5.41, 5.74) is 6.82. The van der Waals surface area contributed by atoms with Crippen LogP contribution in [-0.2, 0) is 21.0 Å². The quantitative estimate of drug-likeness (QED) is 0.516. The maximum absolute atomic E-state index is 11.7. The Bertz CT molecular complexity index is 610. The molecule has 0 unspecified atom stereocenters. The Labute approximate surface area is 119 Å². The Hall–Kier alpha value is -2.41. The molecule has 1 aromatic heterocycles. The molecule has 104 valence electrons. The Morgan fingerprint density at radius 2 is 2.15 bits per heavy atom. The fraction of sp³-hybridized carbons (Fsp3) is 0.154. The lowest BCUT2D eigenvalue weighted by molar-refractivity contribution is -0.132. The van der Waals surface area contributed by atoms with Crippen LogP contribution in [0.25, 0.3) is 0 Å². The second-order valence-corrected chi connectivity index (χ2v) is 4.65. The molecule has 0 aliphatic rings. The zero-order chi connectivity index (χ0) is 14.4. The summed E-state index contributed by atoms with van der Waals surface area (Å²) in [6.45, 7) is 0.251. The van der Waals surface area contributed by atoms with E-state index in [9.17, 15) is 4.79 Å². The van der Waals surface area contributed by atoms with Crippen LogP contribution in [0.3, 0.4) is 0 Å². The fourth-order valence-electron chi connectivity index (χ4n) is 1.43. The molecule has 2 aromatic rings. The maximum Gasteiger partial charge on any atom is 0.362 e. The molecule has 0 amide bonds. The van der Waals surface area contributed by atoms with Gasteiger partial charge in [-0.05, 0) is 5.56 Å². The number of anilines is 1. The van der Waals surface area contributed by atoms with E-state index >= 15 is 0 Å². The molecule has 0 aliphatic heterocycles. The zero-order valence-electron chi connectivity index (χ0n) is 10.8. The van der Waals surface area contributed by atoms with E-state index in [0.29, 0.717) is 10.8 Å². The molecule has 6 nitrogen and oxygen atoms in total. The van der Waals surface area contributed by atoms with Crippen LogP contribution in [-0.4, -0.2) is 23.8 Å². The molecule has 0 fully saturated rings. The van der Waals surface area contributed by atoms with Gasteiger partial charge >= 0.3 is 5.97 Å². The molecule has 1 aromatic carbocycles. The van der Waals surface area contributed by atoms with E-state index in [1.54, 1.807) is 5.38 Å². The van der Waals surface area contributed by atoms with Crippen molar-refractivity contribution >= 4 is 28.1 Å². The third-order valence-electron chi connectivity index (χ3n) is 2.37. The van der Waals surface area contributed by atoms with E-state index < -0.39 is 5.97 Å². The smallest absolute Gasteiger partial charge is 0.362 e. The minimum atomic E-state index is -0.622. The van der Waals surface area contributed by atoms with Gasteiger partial charge in [0.15, 0.2) is 5.13 Å². The van der Waals surface area contributed by atoms with Crippen LogP contribution in [0.15, 0.2) is 40.9 Å². The maximum atomic E-state index is 11.7. The van der Waals surface area contributed by atoms with E-state index in [-0.39, 0.29) is 12.3 Å². The summed E-state index contributed by atoms with van der Waals surface area (Å²) < 4.78 is 4.65. The number of aromatic nitrogens is 1. The summed E-state index contributed by atoms with van der Waals surface area (Å²) in [6, 6.07) is 9.49. The van der Waals surface area contributed by atoms with Gasteiger partial charge in [-0.2, -0.15) is 0 Å². The minimum Gasteiger partial charge on any atom is -0.464 e. The summed E-state index contributed by atoms with van der Waals surface area (Å²) in [5.74, 6) is -0.622. The third kappa shape index (κ3) is 3.55. The number of nitrogen functional groups attached to an aromatic ring is 1. The number of carbonyl (C=O) groups is 1. The second-order valence-electron chi connectivity index (χ2n) is 3.76. The molecule has 20 heavy (non-hydrogen) atoms. The van der Waals surface area contributed by atoms with E-state index in [0.717, 1.165) is 5.56 Å². The van der Waals surface area contributed by atoms with Crippen molar-refractivity contribution in [1.29, 1.82) is 0 Å². The zero-order valence-corrected chi connectivity index (χ0v) is 11.6. The second kappa shape index (κ2) is 6.67. The van der Waals surface area contributed by atoms with Gasteiger partial charge < -0.3 is 15.3 Å². The first-order valence-corrected chi connectivity index (χ1v) is 6.62. The van der Waals surface area contributed by atoms with E-state index in [1.165, 1.54) is 18.4 Å². The largest absolute Gasteiger partial charge is 0.464 e. The molecule has 2 rings (SSSR count). The number of thiazole rings is 1. The molecule has 0 radical (unpaired) electrons. The van der Waals surface area contributed by atoms with Gasteiger partial charge in [0.25, 0.3) is 0 Å².